The van der Waals surface area contributed by atoms with Crippen LogP contribution in [-0.4, -0.2) is 25.1 Å². The molecule has 2 aliphatic rings. The van der Waals surface area contributed by atoms with Gasteiger partial charge in [0.15, 0.2) is 0 Å². The molecule has 0 aromatic carbocycles. The van der Waals surface area contributed by atoms with Gasteiger partial charge in [0, 0.05) is 12.2 Å². The van der Waals surface area contributed by atoms with Crippen molar-refractivity contribution in [3.05, 3.63) is 12.2 Å². The van der Waals surface area contributed by atoms with Gasteiger partial charge < -0.3 is 14.0 Å². The normalized spacial score (nSPS) is 30.8. The van der Waals surface area contributed by atoms with Crippen LogP contribution in [0.2, 0.25) is 0 Å². The molecule has 17 heavy (non-hydrogen) atoms. The monoisotopic (exact) mass is 238 g/mol. The minimum atomic E-state index is -0.545. The van der Waals surface area contributed by atoms with Gasteiger partial charge in [-0.3, -0.25) is 0 Å². The van der Waals surface area contributed by atoms with Crippen LogP contribution in [0.15, 0.2) is 12.2 Å². The number of hydrogen-bond donors (Lipinski definition) is 0. The quantitative estimate of drug-likeness (QED) is 0.526. The highest BCUT2D eigenvalue weighted by Crippen LogP contribution is 2.45. The second kappa shape index (κ2) is 5.13. The molecule has 4 heteroatoms. The highest BCUT2D eigenvalue weighted by Gasteiger charge is 2.45. The molecule has 96 valence electrons. The Labute approximate surface area is 105 Å². The molecule has 2 bridgehead atoms. The molecule has 0 radical (unpaired) electrons. The molecule has 3 nitrogen and oxygen atoms in total. The van der Waals surface area contributed by atoms with Gasteiger partial charge in [0.2, 0.25) is 0 Å². The van der Waals surface area contributed by atoms with Crippen molar-refractivity contribution in [2.24, 2.45) is 5.92 Å². The third kappa shape index (κ3) is 3.33. The van der Waals surface area contributed by atoms with Crippen LogP contribution in [0.4, 0.5) is 0 Å². The van der Waals surface area contributed by atoms with Gasteiger partial charge in [0.05, 0.1) is 5.60 Å². The number of allylic oxidation sites excluding steroid dienone is 1. The minimum Gasteiger partial charge on any atom is -0.384 e. The summed E-state index contributed by atoms with van der Waals surface area (Å²) in [5, 5.41) is 0. The first kappa shape index (κ1) is 13.1. The molecule has 1 saturated carbocycles. The van der Waals surface area contributed by atoms with Crippen LogP contribution in [0.25, 0.3) is 0 Å². The van der Waals surface area contributed by atoms with Crippen LogP contribution < -0.4 is 0 Å². The summed E-state index contributed by atoms with van der Waals surface area (Å²) < 4.78 is 17.5. The van der Waals surface area contributed by atoms with Crippen molar-refractivity contribution in [3.8, 4) is 0 Å². The third-order valence-corrected chi connectivity index (χ3v) is 3.32. The average Bonchev–Trinajstić information content (AvgIpc) is 2.74. The minimum absolute atomic E-state index is 0.109. The summed E-state index contributed by atoms with van der Waals surface area (Å²) in [4.78, 5) is 0. The van der Waals surface area contributed by atoms with Crippen LogP contribution >= 0.6 is 0 Å². The summed E-state index contributed by atoms with van der Waals surface area (Å²) in [6, 6.07) is 0. The summed E-state index contributed by atoms with van der Waals surface area (Å²) in [6.07, 6.45) is 8.09. The van der Waals surface area contributed by atoms with Crippen molar-refractivity contribution in [1.82, 2.24) is 0 Å². The standard InChI is InChI=1S/C13H23BO3/c1-10(2)15-14(16-11(3)4)17-13-7-5-12(9-13)6-8-13/h5,7,10-12H,6,8-9H2,1-4H3. The molecule has 2 rings (SSSR count). The van der Waals surface area contributed by atoms with E-state index in [2.05, 4.69) is 12.2 Å². The van der Waals surface area contributed by atoms with Crippen LogP contribution in [0.3, 0.4) is 0 Å². The van der Waals surface area contributed by atoms with Crippen LogP contribution in [0.5, 0.6) is 0 Å². The zero-order chi connectivity index (χ0) is 12.5. The lowest BCUT2D eigenvalue weighted by Crippen LogP contribution is -2.41. The van der Waals surface area contributed by atoms with Gasteiger partial charge in [-0.1, -0.05) is 12.2 Å². The van der Waals surface area contributed by atoms with Crippen molar-refractivity contribution in [3.63, 3.8) is 0 Å². The molecular formula is C13H23BO3. The number of hydrogen-bond acceptors (Lipinski definition) is 3. The molecule has 0 spiro atoms. The maximum atomic E-state index is 6.08. The van der Waals surface area contributed by atoms with Gasteiger partial charge in [-0.25, -0.2) is 0 Å². The molecule has 0 saturated heterocycles. The van der Waals surface area contributed by atoms with Crippen LogP contribution in [0.1, 0.15) is 47.0 Å². The maximum Gasteiger partial charge on any atom is 0.640 e. The van der Waals surface area contributed by atoms with Gasteiger partial charge in [-0.15, -0.1) is 0 Å². The maximum absolute atomic E-state index is 6.08. The molecule has 0 aromatic heterocycles. The van der Waals surface area contributed by atoms with Crippen molar-refractivity contribution in [2.75, 3.05) is 0 Å². The first-order valence-electron chi connectivity index (χ1n) is 6.67. The van der Waals surface area contributed by atoms with E-state index in [9.17, 15) is 0 Å². The molecule has 0 amide bonds. The van der Waals surface area contributed by atoms with E-state index in [0.29, 0.717) is 5.92 Å². The summed E-state index contributed by atoms with van der Waals surface area (Å²) in [7, 11) is -0.545. The van der Waals surface area contributed by atoms with E-state index in [0.717, 1.165) is 12.8 Å². The Balaban J connectivity index is 1.94. The summed E-state index contributed by atoms with van der Waals surface area (Å²) in [5.41, 5.74) is -0.126. The van der Waals surface area contributed by atoms with E-state index >= 15 is 0 Å². The van der Waals surface area contributed by atoms with Crippen LogP contribution in [0, 0.1) is 5.92 Å². The Morgan fingerprint density at radius 2 is 1.82 bits per heavy atom. The van der Waals surface area contributed by atoms with E-state index in [1.54, 1.807) is 0 Å². The molecule has 2 aliphatic carbocycles. The molecule has 0 heterocycles. The lowest BCUT2D eigenvalue weighted by molar-refractivity contribution is -0.00165. The lowest BCUT2D eigenvalue weighted by atomic mass is 10.0. The first-order chi connectivity index (χ1) is 7.99. The smallest absolute Gasteiger partial charge is 0.384 e. The van der Waals surface area contributed by atoms with E-state index in [1.807, 2.05) is 27.7 Å². The fourth-order valence-corrected chi connectivity index (χ4v) is 2.57. The summed E-state index contributed by atoms with van der Waals surface area (Å²) >= 11 is 0. The third-order valence-electron chi connectivity index (χ3n) is 3.32. The van der Waals surface area contributed by atoms with E-state index in [-0.39, 0.29) is 17.8 Å². The first-order valence-corrected chi connectivity index (χ1v) is 6.67. The van der Waals surface area contributed by atoms with Crippen molar-refractivity contribution < 1.29 is 14.0 Å². The average molecular weight is 238 g/mol. The number of fused-ring (bicyclic) bond motifs is 2. The Morgan fingerprint density at radius 1 is 1.18 bits per heavy atom. The predicted molar refractivity (Wildman–Crippen MR) is 68.5 cm³/mol. The Hall–Kier alpha value is -0.315. The predicted octanol–water partition coefficient (Wildman–Crippen LogP) is 2.95. The van der Waals surface area contributed by atoms with Gasteiger partial charge in [0.25, 0.3) is 0 Å². The number of rotatable bonds is 6. The topological polar surface area (TPSA) is 27.7 Å². The van der Waals surface area contributed by atoms with Crippen LogP contribution in [-0.2, 0) is 14.0 Å². The Morgan fingerprint density at radius 3 is 2.18 bits per heavy atom. The van der Waals surface area contributed by atoms with E-state index < -0.39 is 7.32 Å². The van der Waals surface area contributed by atoms with Crippen molar-refractivity contribution in [2.45, 2.75) is 64.8 Å². The van der Waals surface area contributed by atoms with Crippen molar-refractivity contribution in [1.29, 1.82) is 0 Å². The summed E-state index contributed by atoms with van der Waals surface area (Å²) in [5.74, 6) is 0.703. The molecule has 2 atom stereocenters. The Kier molecular flexibility index (Phi) is 3.96. The zero-order valence-electron chi connectivity index (χ0n) is 11.3. The fourth-order valence-electron chi connectivity index (χ4n) is 2.57. The Bertz CT molecular complexity index is 280. The molecule has 0 N–H and O–H groups in total. The molecule has 0 aromatic rings. The molecule has 1 fully saturated rings. The van der Waals surface area contributed by atoms with Gasteiger partial charge >= 0.3 is 7.32 Å². The fraction of sp³-hybridized carbons (Fsp3) is 0.846. The molecular weight excluding hydrogens is 215 g/mol. The largest absolute Gasteiger partial charge is 0.640 e. The van der Waals surface area contributed by atoms with Crippen molar-refractivity contribution >= 4 is 7.32 Å². The van der Waals surface area contributed by atoms with E-state index in [1.165, 1.54) is 6.42 Å². The highest BCUT2D eigenvalue weighted by atomic mass is 16.7. The van der Waals surface area contributed by atoms with Gasteiger partial charge in [0.1, 0.15) is 0 Å². The summed E-state index contributed by atoms with van der Waals surface area (Å²) in [6.45, 7) is 8.00. The molecule has 0 aliphatic heterocycles. The van der Waals surface area contributed by atoms with E-state index in [4.69, 9.17) is 14.0 Å². The lowest BCUT2D eigenvalue weighted by Gasteiger charge is -2.29. The SMILES string of the molecule is CC(C)OB(OC(C)C)OC12C=CC(CC1)C2. The second-order valence-corrected chi connectivity index (χ2v) is 5.70. The second-order valence-electron chi connectivity index (χ2n) is 5.70. The molecule has 2 unspecified atom stereocenters. The zero-order valence-corrected chi connectivity index (χ0v) is 11.3. The van der Waals surface area contributed by atoms with Gasteiger partial charge in [-0.2, -0.15) is 0 Å². The van der Waals surface area contributed by atoms with Gasteiger partial charge in [-0.05, 0) is 52.9 Å². The highest BCUT2D eigenvalue weighted by molar-refractivity contribution is 6.36.